The van der Waals surface area contributed by atoms with Crippen LogP contribution in [0.25, 0.3) is 0 Å². The first kappa shape index (κ1) is 13.7. The fourth-order valence-corrected chi connectivity index (χ4v) is 1.60. The molecule has 0 aliphatic rings. The van der Waals surface area contributed by atoms with Gasteiger partial charge in [-0.15, -0.1) is 0 Å². The van der Waals surface area contributed by atoms with Gasteiger partial charge in [0.2, 0.25) is 0 Å². The molecule has 0 unspecified atom stereocenters. The standard InChI is InChI=1S/C12H21N3O2/c1-3-10(4-2)9-15-12(16)7-11(8-14-15)17-6-5-13/h7-8,10H,3-6,9,13H2,1-2H3. The van der Waals surface area contributed by atoms with Gasteiger partial charge >= 0.3 is 0 Å². The summed E-state index contributed by atoms with van der Waals surface area (Å²) in [6, 6.07) is 1.46. The number of aromatic nitrogens is 2. The van der Waals surface area contributed by atoms with Gasteiger partial charge in [-0.3, -0.25) is 4.79 Å². The second-order valence-corrected chi connectivity index (χ2v) is 4.03. The van der Waals surface area contributed by atoms with Crippen LogP contribution in [0.15, 0.2) is 17.1 Å². The Kier molecular flexibility index (Phi) is 5.69. The lowest BCUT2D eigenvalue weighted by Gasteiger charge is -2.13. The summed E-state index contributed by atoms with van der Waals surface area (Å²) in [7, 11) is 0. The van der Waals surface area contributed by atoms with Gasteiger partial charge in [0, 0.05) is 19.2 Å². The minimum atomic E-state index is -0.119. The largest absolute Gasteiger partial charge is 0.490 e. The molecule has 0 fully saturated rings. The summed E-state index contributed by atoms with van der Waals surface area (Å²) in [5, 5.41) is 4.11. The van der Waals surface area contributed by atoms with Gasteiger partial charge in [-0.05, 0) is 5.92 Å². The number of rotatable bonds is 7. The van der Waals surface area contributed by atoms with Crippen LogP contribution in [0.1, 0.15) is 26.7 Å². The molecule has 0 bridgehead atoms. The second kappa shape index (κ2) is 7.06. The van der Waals surface area contributed by atoms with Crippen LogP contribution in [0.2, 0.25) is 0 Å². The van der Waals surface area contributed by atoms with Gasteiger partial charge in [-0.25, -0.2) is 4.68 Å². The Morgan fingerprint density at radius 3 is 2.71 bits per heavy atom. The molecule has 0 aliphatic carbocycles. The van der Waals surface area contributed by atoms with Gasteiger partial charge < -0.3 is 10.5 Å². The van der Waals surface area contributed by atoms with E-state index in [9.17, 15) is 4.79 Å². The molecule has 1 heterocycles. The Morgan fingerprint density at radius 1 is 1.47 bits per heavy atom. The van der Waals surface area contributed by atoms with Crippen molar-refractivity contribution in [2.45, 2.75) is 33.2 Å². The van der Waals surface area contributed by atoms with E-state index in [0.29, 0.717) is 31.4 Å². The van der Waals surface area contributed by atoms with E-state index in [2.05, 4.69) is 18.9 Å². The van der Waals surface area contributed by atoms with Crippen molar-refractivity contribution in [1.82, 2.24) is 9.78 Å². The number of hydrogen-bond acceptors (Lipinski definition) is 4. The highest BCUT2D eigenvalue weighted by Gasteiger charge is 2.07. The van der Waals surface area contributed by atoms with Crippen LogP contribution in [0, 0.1) is 5.92 Å². The smallest absolute Gasteiger partial charge is 0.270 e. The number of nitrogens with two attached hydrogens (primary N) is 1. The van der Waals surface area contributed by atoms with E-state index < -0.39 is 0 Å². The van der Waals surface area contributed by atoms with E-state index in [1.54, 1.807) is 6.20 Å². The Hall–Kier alpha value is -1.36. The zero-order valence-corrected chi connectivity index (χ0v) is 10.6. The zero-order valence-electron chi connectivity index (χ0n) is 10.6. The van der Waals surface area contributed by atoms with Crippen molar-refractivity contribution in [2.75, 3.05) is 13.2 Å². The average Bonchev–Trinajstić information content (AvgIpc) is 2.35. The fourth-order valence-electron chi connectivity index (χ4n) is 1.60. The van der Waals surface area contributed by atoms with E-state index in [4.69, 9.17) is 10.5 Å². The number of nitrogens with zero attached hydrogens (tertiary/aromatic N) is 2. The monoisotopic (exact) mass is 239 g/mol. The second-order valence-electron chi connectivity index (χ2n) is 4.03. The molecule has 0 radical (unpaired) electrons. The van der Waals surface area contributed by atoms with Crippen LogP contribution < -0.4 is 16.0 Å². The molecule has 2 N–H and O–H groups in total. The maximum absolute atomic E-state index is 11.8. The van der Waals surface area contributed by atoms with Crippen molar-refractivity contribution in [3.8, 4) is 5.75 Å². The van der Waals surface area contributed by atoms with Crippen molar-refractivity contribution in [3.05, 3.63) is 22.6 Å². The molecule has 0 amide bonds. The Morgan fingerprint density at radius 2 is 2.18 bits per heavy atom. The molecular formula is C12H21N3O2. The molecule has 1 aromatic heterocycles. The summed E-state index contributed by atoms with van der Waals surface area (Å²) < 4.78 is 6.74. The quantitative estimate of drug-likeness (QED) is 0.771. The molecule has 0 saturated carbocycles. The van der Waals surface area contributed by atoms with Gasteiger partial charge in [0.1, 0.15) is 12.4 Å². The third kappa shape index (κ3) is 4.19. The Labute approximate surface area is 102 Å². The molecule has 96 valence electrons. The SMILES string of the molecule is CCC(CC)Cn1ncc(OCCN)cc1=O. The summed E-state index contributed by atoms with van der Waals surface area (Å²) in [5.74, 6) is 0.984. The fraction of sp³-hybridized carbons (Fsp3) is 0.667. The van der Waals surface area contributed by atoms with Crippen molar-refractivity contribution in [2.24, 2.45) is 11.7 Å². The van der Waals surface area contributed by atoms with E-state index >= 15 is 0 Å². The molecule has 0 spiro atoms. The lowest BCUT2D eigenvalue weighted by Crippen LogP contribution is -2.25. The van der Waals surface area contributed by atoms with Crippen molar-refractivity contribution < 1.29 is 4.74 Å². The highest BCUT2D eigenvalue weighted by Crippen LogP contribution is 2.09. The third-order valence-corrected chi connectivity index (χ3v) is 2.82. The van der Waals surface area contributed by atoms with Gasteiger partial charge in [0.25, 0.3) is 5.56 Å². The lowest BCUT2D eigenvalue weighted by atomic mass is 10.0. The molecule has 5 nitrogen and oxygen atoms in total. The average molecular weight is 239 g/mol. The molecule has 0 aliphatic heterocycles. The molecule has 1 rings (SSSR count). The highest BCUT2D eigenvalue weighted by atomic mass is 16.5. The summed E-state index contributed by atoms with van der Waals surface area (Å²) in [5.41, 5.74) is 5.20. The first-order valence-corrected chi connectivity index (χ1v) is 6.11. The van der Waals surface area contributed by atoms with Gasteiger partial charge in [0.15, 0.2) is 0 Å². The molecule has 17 heavy (non-hydrogen) atoms. The van der Waals surface area contributed by atoms with Crippen LogP contribution >= 0.6 is 0 Å². The third-order valence-electron chi connectivity index (χ3n) is 2.82. The number of ether oxygens (including phenoxy) is 1. The number of hydrogen-bond donors (Lipinski definition) is 1. The Balaban J connectivity index is 2.72. The maximum Gasteiger partial charge on any atom is 0.270 e. The van der Waals surface area contributed by atoms with Gasteiger partial charge in [-0.2, -0.15) is 5.10 Å². The van der Waals surface area contributed by atoms with Crippen molar-refractivity contribution >= 4 is 0 Å². The first-order valence-electron chi connectivity index (χ1n) is 6.11. The van der Waals surface area contributed by atoms with Gasteiger partial charge in [0.05, 0.1) is 6.20 Å². The van der Waals surface area contributed by atoms with Crippen LogP contribution in [0.4, 0.5) is 0 Å². The topological polar surface area (TPSA) is 70.1 Å². The molecule has 1 aromatic rings. The van der Waals surface area contributed by atoms with E-state index in [-0.39, 0.29) is 5.56 Å². The molecular weight excluding hydrogens is 218 g/mol. The van der Waals surface area contributed by atoms with Crippen molar-refractivity contribution in [1.29, 1.82) is 0 Å². The molecule has 0 aromatic carbocycles. The summed E-state index contributed by atoms with van der Waals surface area (Å²) >= 11 is 0. The molecule has 0 saturated heterocycles. The molecule has 5 heteroatoms. The molecule has 0 atom stereocenters. The summed E-state index contributed by atoms with van der Waals surface area (Å²) in [4.78, 5) is 11.8. The van der Waals surface area contributed by atoms with E-state index in [1.807, 2.05) is 0 Å². The van der Waals surface area contributed by atoms with Crippen LogP contribution in [0.3, 0.4) is 0 Å². The maximum atomic E-state index is 11.8. The highest BCUT2D eigenvalue weighted by molar-refractivity contribution is 5.13. The summed E-state index contributed by atoms with van der Waals surface area (Å²) in [6.07, 6.45) is 3.67. The van der Waals surface area contributed by atoms with E-state index in [0.717, 1.165) is 12.8 Å². The predicted molar refractivity (Wildman–Crippen MR) is 67.1 cm³/mol. The van der Waals surface area contributed by atoms with Crippen molar-refractivity contribution in [3.63, 3.8) is 0 Å². The van der Waals surface area contributed by atoms with Gasteiger partial charge in [-0.1, -0.05) is 26.7 Å². The van der Waals surface area contributed by atoms with E-state index in [1.165, 1.54) is 10.7 Å². The van der Waals surface area contributed by atoms with Crippen LogP contribution in [-0.4, -0.2) is 22.9 Å². The minimum absolute atomic E-state index is 0.119. The minimum Gasteiger partial charge on any atom is -0.490 e. The normalized spacial score (nSPS) is 10.8. The summed E-state index contributed by atoms with van der Waals surface area (Å²) in [6.45, 7) is 5.74. The lowest BCUT2D eigenvalue weighted by molar-refractivity contribution is 0.320. The van der Waals surface area contributed by atoms with Crippen LogP contribution in [-0.2, 0) is 6.54 Å². The zero-order chi connectivity index (χ0) is 12.7. The first-order chi connectivity index (χ1) is 8.21. The predicted octanol–water partition coefficient (Wildman–Crippen LogP) is 1.02. The van der Waals surface area contributed by atoms with Crippen LogP contribution in [0.5, 0.6) is 5.75 Å². The Bertz CT molecular complexity index is 386.